The number of aryl methyl sites for hydroxylation is 1. The minimum absolute atomic E-state index is 0.0168. The average molecular weight is 333 g/mol. The number of hydrogen-bond acceptors (Lipinski definition) is 6. The summed E-state index contributed by atoms with van der Waals surface area (Å²) in [4.78, 5) is 7.45. The smallest absolute Gasteiger partial charge is 0.377 e. The Morgan fingerprint density at radius 1 is 1.50 bits per heavy atom. The highest BCUT2D eigenvalue weighted by Crippen LogP contribution is 2.35. The van der Waals surface area contributed by atoms with Crippen molar-refractivity contribution in [1.29, 1.82) is 0 Å². The molecule has 0 fully saturated rings. The molecule has 0 amide bonds. The summed E-state index contributed by atoms with van der Waals surface area (Å²) < 4.78 is 44.4. The predicted octanol–water partition coefficient (Wildman–Crippen LogP) is 2.33. The first-order chi connectivity index (χ1) is 10.5. The van der Waals surface area contributed by atoms with E-state index in [4.69, 9.17) is 4.74 Å². The number of nitrogens with one attached hydrogen (secondary N) is 1. The van der Waals surface area contributed by atoms with Gasteiger partial charge in [-0.2, -0.15) is 18.3 Å². The second-order valence-electron chi connectivity index (χ2n) is 4.97. The highest BCUT2D eigenvalue weighted by atomic mass is 32.1. The molecule has 6 nitrogen and oxygen atoms in total. The van der Waals surface area contributed by atoms with Gasteiger partial charge in [-0.3, -0.25) is 0 Å². The summed E-state index contributed by atoms with van der Waals surface area (Å²) in [5, 5.41) is 7.64. The molecule has 1 atom stereocenters. The fourth-order valence-electron chi connectivity index (χ4n) is 2.32. The van der Waals surface area contributed by atoms with Crippen molar-refractivity contribution in [3.63, 3.8) is 0 Å². The molecular weight excluding hydrogens is 319 g/mol. The van der Waals surface area contributed by atoms with Gasteiger partial charge in [0.15, 0.2) is 11.0 Å². The Balaban J connectivity index is 1.66. The maximum absolute atomic E-state index is 12.6. The van der Waals surface area contributed by atoms with E-state index in [0.717, 1.165) is 18.4 Å². The Morgan fingerprint density at radius 3 is 3.00 bits per heavy atom. The number of fused-ring (bicyclic) bond motifs is 1. The molecule has 2 aromatic heterocycles. The molecule has 0 saturated heterocycles. The number of thiazole rings is 1. The van der Waals surface area contributed by atoms with Crippen LogP contribution in [0.15, 0.2) is 6.20 Å². The number of alkyl halides is 3. The van der Waals surface area contributed by atoms with Crippen molar-refractivity contribution in [1.82, 2.24) is 19.7 Å². The minimum atomic E-state index is -4.35. The quantitative estimate of drug-likeness (QED) is 0.930. The van der Waals surface area contributed by atoms with Gasteiger partial charge in [0.25, 0.3) is 0 Å². The van der Waals surface area contributed by atoms with Gasteiger partial charge in [-0.1, -0.05) is 11.3 Å². The van der Waals surface area contributed by atoms with Crippen LogP contribution in [0.3, 0.4) is 0 Å². The second-order valence-corrected chi connectivity index (χ2v) is 6.00. The van der Waals surface area contributed by atoms with Crippen LogP contribution in [0.2, 0.25) is 0 Å². The van der Waals surface area contributed by atoms with E-state index in [2.05, 4.69) is 20.4 Å². The van der Waals surface area contributed by atoms with E-state index in [9.17, 15) is 13.2 Å². The third-order valence-electron chi connectivity index (χ3n) is 3.29. The van der Waals surface area contributed by atoms with Gasteiger partial charge in [0.1, 0.15) is 17.3 Å². The second kappa shape index (κ2) is 5.84. The normalized spacial score (nSPS) is 18.3. The van der Waals surface area contributed by atoms with Crippen molar-refractivity contribution in [3.05, 3.63) is 22.7 Å². The zero-order valence-electron chi connectivity index (χ0n) is 11.7. The van der Waals surface area contributed by atoms with Crippen LogP contribution in [0.4, 0.5) is 18.3 Å². The number of methoxy groups -OCH3 is 1. The monoisotopic (exact) mass is 333 g/mol. The number of rotatable bonds is 4. The minimum Gasteiger partial charge on any atom is -0.377 e. The molecule has 120 valence electrons. The van der Waals surface area contributed by atoms with Gasteiger partial charge >= 0.3 is 6.18 Å². The van der Waals surface area contributed by atoms with E-state index >= 15 is 0 Å². The maximum Gasteiger partial charge on any atom is 0.427 e. The Morgan fingerprint density at radius 2 is 2.32 bits per heavy atom. The van der Waals surface area contributed by atoms with Crippen LogP contribution in [-0.2, 0) is 30.5 Å². The van der Waals surface area contributed by atoms with Crippen molar-refractivity contribution in [2.45, 2.75) is 38.2 Å². The van der Waals surface area contributed by atoms with Crippen LogP contribution in [0, 0.1) is 0 Å². The maximum atomic E-state index is 12.6. The Kier molecular flexibility index (Phi) is 4.04. The molecule has 10 heteroatoms. The lowest BCUT2D eigenvalue weighted by molar-refractivity contribution is -0.134. The predicted molar refractivity (Wildman–Crippen MR) is 73.6 cm³/mol. The van der Waals surface area contributed by atoms with E-state index in [1.807, 2.05) is 0 Å². The summed E-state index contributed by atoms with van der Waals surface area (Å²) >= 11 is 0.616. The molecule has 3 rings (SSSR count). The standard InChI is InChI=1S/C12H14F3N5OS/c1-21-6-9-18-10-3-2-7(5-20(10)19-9)17-11-16-4-8(22-11)12(13,14)15/h4,7H,2-3,5-6H2,1H3,(H,16,17)/t7-/m1/s1. The van der Waals surface area contributed by atoms with E-state index < -0.39 is 11.1 Å². The van der Waals surface area contributed by atoms with Crippen LogP contribution >= 0.6 is 11.3 Å². The van der Waals surface area contributed by atoms with E-state index in [-0.39, 0.29) is 11.2 Å². The molecule has 0 spiro atoms. The van der Waals surface area contributed by atoms with Gasteiger partial charge in [-0.15, -0.1) is 0 Å². The van der Waals surface area contributed by atoms with Gasteiger partial charge in [0, 0.05) is 19.6 Å². The van der Waals surface area contributed by atoms with Gasteiger partial charge < -0.3 is 10.1 Å². The van der Waals surface area contributed by atoms with Crippen LogP contribution in [0.5, 0.6) is 0 Å². The summed E-state index contributed by atoms with van der Waals surface area (Å²) in [5.74, 6) is 1.49. The number of halogens is 3. The first-order valence-corrected chi connectivity index (χ1v) is 7.48. The summed E-state index contributed by atoms with van der Waals surface area (Å²) in [7, 11) is 1.57. The van der Waals surface area contributed by atoms with Crippen molar-refractivity contribution < 1.29 is 17.9 Å². The zero-order valence-corrected chi connectivity index (χ0v) is 12.5. The number of anilines is 1. The van der Waals surface area contributed by atoms with Crippen molar-refractivity contribution >= 4 is 16.5 Å². The molecule has 1 N–H and O–H groups in total. The van der Waals surface area contributed by atoms with Gasteiger partial charge in [-0.25, -0.2) is 14.6 Å². The number of hydrogen-bond donors (Lipinski definition) is 1. The molecule has 2 aromatic rings. The zero-order chi connectivity index (χ0) is 15.7. The molecule has 0 aromatic carbocycles. The van der Waals surface area contributed by atoms with Gasteiger partial charge in [-0.05, 0) is 6.42 Å². The lowest BCUT2D eigenvalue weighted by Crippen LogP contribution is -2.31. The third-order valence-corrected chi connectivity index (χ3v) is 4.26. The largest absolute Gasteiger partial charge is 0.427 e. The summed E-state index contributed by atoms with van der Waals surface area (Å²) in [5.41, 5.74) is 0. The third kappa shape index (κ3) is 3.22. The Labute approximate surface area is 128 Å². The first kappa shape index (κ1) is 15.2. The summed E-state index contributed by atoms with van der Waals surface area (Å²) in [6.07, 6.45) is -2.01. The SMILES string of the molecule is COCc1nc2n(n1)C[C@H](Nc1ncc(C(F)(F)F)s1)CC2. The van der Waals surface area contributed by atoms with Gasteiger partial charge in [0.05, 0.1) is 12.7 Å². The van der Waals surface area contributed by atoms with E-state index in [1.165, 1.54) is 0 Å². The van der Waals surface area contributed by atoms with Crippen molar-refractivity contribution in [2.75, 3.05) is 12.4 Å². The molecule has 0 aliphatic carbocycles. The highest BCUT2D eigenvalue weighted by molar-refractivity contribution is 7.15. The average Bonchev–Trinajstić information content (AvgIpc) is 3.04. The molecular formula is C12H14F3N5OS. The van der Waals surface area contributed by atoms with E-state index in [0.29, 0.717) is 36.7 Å². The number of nitrogens with zero attached hydrogens (tertiary/aromatic N) is 4. The molecule has 0 bridgehead atoms. The molecule has 22 heavy (non-hydrogen) atoms. The van der Waals surface area contributed by atoms with Crippen molar-refractivity contribution in [3.8, 4) is 0 Å². The number of aromatic nitrogens is 4. The molecule has 0 unspecified atom stereocenters. The lowest BCUT2D eigenvalue weighted by Gasteiger charge is -2.23. The van der Waals surface area contributed by atoms with Gasteiger partial charge in [0.2, 0.25) is 0 Å². The summed E-state index contributed by atoms with van der Waals surface area (Å²) in [6, 6.07) is -0.0168. The number of ether oxygens (including phenoxy) is 1. The van der Waals surface area contributed by atoms with Crippen molar-refractivity contribution in [2.24, 2.45) is 0 Å². The molecule has 1 aliphatic heterocycles. The van der Waals surface area contributed by atoms with E-state index in [1.54, 1.807) is 11.8 Å². The lowest BCUT2D eigenvalue weighted by atomic mass is 10.1. The highest BCUT2D eigenvalue weighted by Gasteiger charge is 2.33. The molecule has 0 radical (unpaired) electrons. The Hall–Kier alpha value is -1.68. The van der Waals surface area contributed by atoms with Crippen LogP contribution in [0.25, 0.3) is 0 Å². The molecule has 1 aliphatic rings. The topological polar surface area (TPSA) is 64.9 Å². The first-order valence-electron chi connectivity index (χ1n) is 6.67. The molecule has 3 heterocycles. The van der Waals surface area contributed by atoms with Crippen LogP contribution < -0.4 is 5.32 Å². The fraction of sp³-hybridized carbons (Fsp3) is 0.583. The molecule has 0 saturated carbocycles. The van der Waals surface area contributed by atoms with Crippen LogP contribution in [-0.4, -0.2) is 32.9 Å². The Bertz CT molecular complexity index is 653. The van der Waals surface area contributed by atoms with Crippen LogP contribution in [0.1, 0.15) is 22.9 Å². The summed E-state index contributed by atoms with van der Waals surface area (Å²) in [6.45, 7) is 0.895. The fourth-order valence-corrected chi connectivity index (χ4v) is 3.08.